The molecule has 0 aliphatic heterocycles. The maximum absolute atomic E-state index is 9.74. The average Bonchev–Trinajstić information content (AvgIpc) is 4.06. The normalized spacial score (nSPS) is 13.1. The highest BCUT2D eigenvalue weighted by atomic mass is 16.3. The average molecular weight is 812 g/mol. The first-order chi connectivity index (χ1) is 33.7. The van der Waals surface area contributed by atoms with Gasteiger partial charge in [-0.2, -0.15) is 0 Å². The molecule has 0 unspecified atom stereocenters. The molecular weight excluding hydrogens is 771 g/mol. The van der Waals surface area contributed by atoms with E-state index in [1.807, 2.05) is 109 Å². The van der Waals surface area contributed by atoms with Crippen LogP contribution in [-0.4, -0.2) is 24.1 Å². The maximum Gasteiger partial charge on any atom is 0.164 e. The molecule has 0 fully saturated rings. The van der Waals surface area contributed by atoms with Gasteiger partial charge in [-0.1, -0.05) is 152 Å². The van der Waals surface area contributed by atoms with E-state index in [1.165, 1.54) is 6.07 Å². The first kappa shape index (κ1) is 29.6. The van der Waals surface area contributed by atoms with Crippen LogP contribution in [0.4, 0.5) is 0 Å². The second kappa shape index (κ2) is 14.0. The summed E-state index contributed by atoms with van der Waals surface area (Å²) in [4.78, 5) is 15.1. The molecule has 13 rings (SSSR count). The summed E-state index contributed by atoms with van der Waals surface area (Å²) in [5, 5.41) is 4.40. The highest BCUT2D eigenvalue weighted by Crippen LogP contribution is 2.44. The number of nitrogens with zero attached hydrogens (tertiary/aromatic N) is 5. The van der Waals surface area contributed by atoms with Crippen LogP contribution in [0.15, 0.2) is 217 Å². The molecule has 6 heteroatoms. The number of para-hydroxylation sites is 5. The van der Waals surface area contributed by atoms with E-state index in [0.29, 0.717) is 34.3 Å². The van der Waals surface area contributed by atoms with Crippen LogP contribution < -0.4 is 0 Å². The predicted molar refractivity (Wildman–Crippen MR) is 258 cm³/mol. The van der Waals surface area contributed by atoms with E-state index in [4.69, 9.17) is 23.5 Å². The molecule has 0 radical (unpaired) electrons. The molecule has 0 saturated heterocycles. The molecule has 0 atom stereocenters. The minimum Gasteiger partial charge on any atom is -0.455 e. The highest BCUT2D eigenvalue weighted by Gasteiger charge is 2.23. The molecule has 0 N–H and O–H groups in total. The number of furan rings is 1. The van der Waals surface area contributed by atoms with Crippen LogP contribution in [0.3, 0.4) is 0 Å². The van der Waals surface area contributed by atoms with Crippen molar-refractivity contribution in [2.75, 3.05) is 0 Å². The van der Waals surface area contributed by atoms with Crippen molar-refractivity contribution in [3.05, 3.63) is 212 Å². The molecule has 4 heterocycles. The number of aromatic nitrogens is 5. The fourth-order valence-corrected chi connectivity index (χ4v) is 9.11. The van der Waals surface area contributed by atoms with E-state index in [0.717, 1.165) is 60.4 Å². The molecule has 0 aliphatic rings. The van der Waals surface area contributed by atoms with Gasteiger partial charge in [0.1, 0.15) is 11.2 Å². The monoisotopic (exact) mass is 811 g/mol. The van der Waals surface area contributed by atoms with Gasteiger partial charge < -0.3 is 13.6 Å². The summed E-state index contributed by atoms with van der Waals surface area (Å²) in [5.74, 6) is 1.30. The number of benzene rings is 9. The fourth-order valence-electron chi connectivity index (χ4n) is 9.11. The quantitative estimate of drug-likeness (QED) is 0.168. The van der Waals surface area contributed by atoms with Gasteiger partial charge in [0.05, 0.1) is 36.0 Å². The van der Waals surface area contributed by atoms with Crippen LogP contribution in [0.25, 0.3) is 122 Å². The standard InChI is InChI=1S/C57H35N5O/c1-4-17-36(18-5-1)55-58-56(37-19-6-2-7-20-37)60-57(59-55)38-31-32-50(45(33-38)44-27-16-26-43-42-25-12-15-30-53(42)63-54(43)44)62-49-29-14-11-24-41(49)47-34-46-40-23-10-13-28-48(40)61(51(46)35-52(47)62)39-21-8-3-9-22-39/h1-35H/i12D,16D,25D,26D,27D,30D. The van der Waals surface area contributed by atoms with Crippen LogP contribution in [0, 0.1) is 0 Å². The van der Waals surface area contributed by atoms with Crippen LogP contribution in [0.2, 0.25) is 0 Å². The number of fused-ring (bicyclic) bond motifs is 9. The Balaban J connectivity index is 1.17. The molecule has 4 aromatic heterocycles. The summed E-state index contributed by atoms with van der Waals surface area (Å²) in [7, 11) is 0. The molecule has 0 aliphatic carbocycles. The van der Waals surface area contributed by atoms with Gasteiger partial charge in [-0.05, 0) is 60.6 Å². The third-order valence-electron chi connectivity index (χ3n) is 11.9. The Morgan fingerprint density at radius 2 is 0.952 bits per heavy atom. The maximum atomic E-state index is 9.74. The summed E-state index contributed by atoms with van der Waals surface area (Å²) >= 11 is 0. The Hall–Kier alpha value is -8.61. The second-order valence-corrected chi connectivity index (χ2v) is 15.5. The second-order valence-electron chi connectivity index (χ2n) is 15.5. The van der Waals surface area contributed by atoms with Gasteiger partial charge in [0.15, 0.2) is 17.5 Å². The molecular formula is C57H35N5O. The lowest BCUT2D eigenvalue weighted by atomic mass is 9.97. The molecule has 63 heavy (non-hydrogen) atoms. The molecule has 0 bridgehead atoms. The van der Waals surface area contributed by atoms with E-state index in [2.05, 4.69) is 69.8 Å². The van der Waals surface area contributed by atoms with E-state index in [9.17, 15) is 4.11 Å². The van der Waals surface area contributed by atoms with Crippen molar-refractivity contribution in [1.82, 2.24) is 24.1 Å². The summed E-state index contributed by atoms with van der Waals surface area (Å²) in [6.07, 6.45) is 0. The molecule has 9 aromatic carbocycles. The third kappa shape index (κ3) is 5.55. The van der Waals surface area contributed by atoms with Gasteiger partial charge in [0, 0.05) is 65.8 Å². The lowest BCUT2D eigenvalue weighted by molar-refractivity contribution is 0.670. The van der Waals surface area contributed by atoms with Crippen molar-refractivity contribution >= 4 is 65.6 Å². The lowest BCUT2D eigenvalue weighted by Crippen LogP contribution is -2.02. The lowest BCUT2D eigenvalue weighted by Gasteiger charge is -2.17. The molecule has 294 valence electrons. The van der Waals surface area contributed by atoms with Gasteiger partial charge in [-0.25, -0.2) is 15.0 Å². The van der Waals surface area contributed by atoms with Gasteiger partial charge in [-0.3, -0.25) is 0 Å². The SMILES string of the molecule is [2H]c1cc([2H])c2oc3c(-c4cc(-c5nc(-c6ccccc6)nc(-c6ccccc6)n5)ccc4-n4c5ccccc5c5cc6c7ccccc7n(-c7ccccc7)c6cc54)c([2H])c([2H])c([2H])c3c2c1[2H]. The first-order valence-electron chi connectivity index (χ1n) is 23.7. The first-order valence-corrected chi connectivity index (χ1v) is 20.7. The topological polar surface area (TPSA) is 61.7 Å². The zero-order valence-corrected chi connectivity index (χ0v) is 33.4. The van der Waals surface area contributed by atoms with E-state index in [1.54, 1.807) is 0 Å². The Morgan fingerprint density at radius 1 is 0.381 bits per heavy atom. The van der Waals surface area contributed by atoms with Gasteiger partial charge in [-0.15, -0.1) is 0 Å². The summed E-state index contributed by atoms with van der Waals surface area (Å²) in [6, 6.07) is 56.3. The van der Waals surface area contributed by atoms with Crippen molar-refractivity contribution in [3.8, 4) is 56.7 Å². The molecule has 6 nitrogen and oxygen atoms in total. The van der Waals surface area contributed by atoms with E-state index in [-0.39, 0.29) is 63.8 Å². The van der Waals surface area contributed by atoms with Crippen molar-refractivity contribution in [2.45, 2.75) is 0 Å². The van der Waals surface area contributed by atoms with E-state index < -0.39 is 0 Å². The minimum absolute atomic E-state index is 0.00826. The molecule has 0 amide bonds. The zero-order valence-electron chi connectivity index (χ0n) is 39.4. The Morgan fingerprint density at radius 3 is 1.63 bits per heavy atom. The fraction of sp³-hybridized carbons (Fsp3) is 0. The van der Waals surface area contributed by atoms with Gasteiger partial charge >= 0.3 is 0 Å². The van der Waals surface area contributed by atoms with Gasteiger partial charge in [0.25, 0.3) is 0 Å². The Bertz CT molecular complexity index is 4210. The van der Waals surface area contributed by atoms with Crippen LogP contribution in [0.1, 0.15) is 8.22 Å². The zero-order chi connectivity index (χ0) is 46.7. The summed E-state index contributed by atoms with van der Waals surface area (Å²) in [5.41, 5.74) is 8.40. The van der Waals surface area contributed by atoms with Crippen LogP contribution in [-0.2, 0) is 0 Å². The Kier molecular flexibility index (Phi) is 6.56. The van der Waals surface area contributed by atoms with Crippen molar-refractivity contribution in [2.24, 2.45) is 0 Å². The Labute approximate surface area is 370 Å². The minimum atomic E-state index is -0.382. The van der Waals surface area contributed by atoms with Crippen molar-refractivity contribution < 1.29 is 12.6 Å². The molecule has 13 aromatic rings. The van der Waals surface area contributed by atoms with Crippen LogP contribution in [0.5, 0.6) is 0 Å². The smallest absolute Gasteiger partial charge is 0.164 e. The largest absolute Gasteiger partial charge is 0.455 e. The number of hydrogen-bond acceptors (Lipinski definition) is 4. The molecule has 0 saturated carbocycles. The summed E-state index contributed by atoms with van der Waals surface area (Å²) < 4.78 is 65.7. The van der Waals surface area contributed by atoms with Crippen molar-refractivity contribution in [3.63, 3.8) is 0 Å². The third-order valence-corrected chi connectivity index (χ3v) is 11.9. The molecule has 0 spiro atoms. The van der Waals surface area contributed by atoms with Crippen LogP contribution >= 0.6 is 0 Å². The van der Waals surface area contributed by atoms with Crippen molar-refractivity contribution in [1.29, 1.82) is 0 Å². The highest BCUT2D eigenvalue weighted by molar-refractivity contribution is 6.20. The van der Waals surface area contributed by atoms with Gasteiger partial charge in [0.2, 0.25) is 0 Å². The number of hydrogen-bond donors (Lipinski definition) is 0. The summed E-state index contributed by atoms with van der Waals surface area (Å²) in [6.45, 7) is 0. The predicted octanol–water partition coefficient (Wildman–Crippen LogP) is 14.6. The van der Waals surface area contributed by atoms with E-state index >= 15 is 0 Å². The number of rotatable bonds is 6.